The third kappa shape index (κ3) is 3.86. The van der Waals surface area contributed by atoms with Gasteiger partial charge < -0.3 is 10.6 Å². The largest absolute Gasteiger partial charge is 0.319 e. The fourth-order valence-corrected chi connectivity index (χ4v) is 2.68. The van der Waals surface area contributed by atoms with Crippen LogP contribution in [0.2, 0.25) is 5.02 Å². The van der Waals surface area contributed by atoms with Crippen LogP contribution in [0.1, 0.15) is 22.9 Å². The molecule has 2 aromatic rings. The van der Waals surface area contributed by atoms with Crippen molar-refractivity contribution in [3.63, 3.8) is 0 Å². The fraction of sp³-hybridized carbons (Fsp3) is 0.400. The van der Waals surface area contributed by atoms with Crippen LogP contribution in [0.5, 0.6) is 0 Å². The molecule has 0 radical (unpaired) electrons. The minimum absolute atomic E-state index is 0.283. The summed E-state index contributed by atoms with van der Waals surface area (Å²) in [6.07, 6.45) is 1.66. The summed E-state index contributed by atoms with van der Waals surface area (Å²) in [5.41, 5.74) is 9.46. The van der Waals surface area contributed by atoms with Crippen LogP contribution in [0, 0.1) is 6.92 Å². The molecule has 1 aromatic heterocycles. The number of rotatable bonds is 5. The van der Waals surface area contributed by atoms with Crippen LogP contribution in [0.3, 0.4) is 0 Å². The summed E-state index contributed by atoms with van der Waals surface area (Å²) < 4.78 is 2.97. The molecule has 0 saturated carbocycles. The van der Waals surface area contributed by atoms with Gasteiger partial charge in [-0.2, -0.15) is 5.10 Å². The van der Waals surface area contributed by atoms with E-state index in [0.717, 1.165) is 34.4 Å². The molecule has 1 unspecified atom stereocenters. The van der Waals surface area contributed by atoms with Gasteiger partial charge in [-0.05, 0) is 38.2 Å². The Morgan fingerprint density at radius 2 is 2.14 bits per heavy atom. The predicted molar refractivity (Wildman–Crippen MR) is 90.7 cm³/mol. The zero-order valence-electron chi connectivity index (χ0n) is 12.5. The first-order valence-electron chi connectivity index (χ1n) is 6.77. The number of nitrogens with two attached hydrogens (primary N) is 1. The summed E-state index contributed by atoms with van der Waals surface area (Å²) in [5.74, 6) is 0. The summed E-state index contributed by atoms with van der Waals surface area (Å²) in [6, 6.07) is 5.82. The van der Waals surface area contributed by atoms with Crippen molar-refractivity contribution < 1.29 is 0 Å². The van der Waals surface area contributed by atoms with Crippen LogP contribution in [0.15, 0.2) is 28.9 Å². The number of nitrogens with zero attached hydrogens (tertiary/aromatic N) is 3. The van der Waals surface area contributed by atoms with E-state index < -0.39 is 0 Å². The second-order valence-corrected chi connectivity index (χ2v) is 6.65. The molecule has 0 amide bonds. The van der Waals surface area contributed by atoms with Gasteiger partial charge in [-0.15, -0.1) is 0 Å². The molecule has 1 heterocycles. The lowest BCUT2D eigenvalue weighted by Gasteiger charge is -2.17. The Morgan fingerprint density at radius 3 is 2.76 bits per heavy atom. The normalized spacial score (nSPS) is 12.9. The van der Waals surface area contributed by atoms with Gasteiger partial charge in [0.05, 0.1) is 29.5 Å². The Hall–Kier alpha value is -0.880. The Morgan fingerprint density at radius 1 is 1.43 bits per heavy atom. The maximum absolute atomic E-state index is 6.41. The summed E-state index contributed by atoms with van der Waals surface area (Å²) in [7, 11) is 4.06. The number of likely N-dealkylation sites (N-methyl/N-ethyl adjacent to an activating group) is 1. The van der Waals surface area contributed by atoms with E-state index >= 15 is 0 Å². The fourth-order valence-electron chi connectivity index (χ4n) is 2.17. The maximum Gasteiger partial charge on any atom is 0.0837 e. The third-order valence-electron chi connectivity index (χ3n) is 3.43. The van der Waals surface area contributed by atoms with Crippen molar-refractivity contribution >= 4 is 27.5 Å². The average molecular weight is 372 g/mol. The Balaban J connectivity index is 2.31. The molecule has 4 nitrogen and oxygen atoms in total. The van der Waals surface area contributed by atoms with Crippen LogP contribution in [0.25, 0.3) is 0 Å². The van der Waals surface area contributed by atoms with Crippen LogP contribution in [-0.2, 0) is 6.54 Å². The van der Waals surface area contributed by atoms with Gasteiger partial charge in [-0.25, -0.2) is 0 Å². The molecule has 114 valence electrons. The first kappa shape index (κ1) is 16.5. The Labute approximate surface area is 139 Å². The van der Waals surface area contributed by atoms with Crippen molar-refractivity contribution in [3.05, 3.63) is 50.7 Å². The molecule has 2 rings (SSSR count). The smallest absolute Gasteiger partial charge is 0.0837 e. The van der Waals surface area contributed by atoms with Gasteiger partial charge in [0.1, 0.15) is 0 Å². The minimum atomic E-state index is -0.283. The predicted octanol–water partition coefficient (Wildman–Crippen LogP) is 3.22. The van der Waals surface area contributed by atoms with Crippen LogP contribution in [0.4, 0.5) is 0 Å². The number of hydrogen-bond donors (Lipinski definition) is 1. The van der Waals surface area contributed by atoms with Crippen molar-refractivity contribution in [3.8, 4) is 0 Å². The van der Waals surface area contributed by atoms with E-state index in [2.05, 4.69) is 32.0 Å². The van der Waals surface area contributed by atoms with Gasteiger partial charge in [-0.3, -0.25) is 4.68 Å². The number of benzene rings is 1. The number of aromatic nitrogens is 2. The van der Waals surface area contributed by atoms with E-state index in [9.17, 15) is 0 Å². The van der Waals surface area contributed by atoms with Crippen LogP contribution in [-0.4, -0.2) is 35.3 Å². The van der Waals surface area contributed by atoms with Crippen molar-refractivity contribution in [2.24, 2.45) is 5.73 Å². The quantitative estimate of drug-likeness (QED) is 0.878. The highest BCUT2D eigenvalue weighted by molar-refractivity contribution is 9.10. The van der Waals surface area contributed by atoms with E-state index in [-0.39, 0.29) is 6.04 Å². The van der Waals surface area contributed by atoms with Crippen molar-refractivity contribution in [2.75, 3.05) is 20.6 Å². The second kappa shape index (κ2) is 6.92. The van der Waals surface area contributed by atoms with Crippen LogP contribution >= 0.6 is 27.5 Å². The van der Waals surface area contributed by atoms with Crippen molar-refractivity contribution in [1.82, 2.24) is 14.7 Å². The summed E-state index contributed by atoms with van der Waals surface area (Å²) in [5, 5.41) is 4.96. The number of halogens is 2. The molecule has 6 heteroatoms. The molecule has 0 aliphatic rings. The zero-order valence-corrected chi connectivity index (χ0v) is 14.8. The highest BCUT2D eigenvalue weighted by Crippen LogP contribution is 2.28. The van der Waals surface area contributed by atoms with Gasteiger partial charge in [-0.1, -0.05) is 39.7 Å². The van der Waals surface area contributed by atoms with Gasteiger partial charge >= 0.3 is 0 Å². The highest BCUT2D eigenvalue weighted by atomic mass is 79.9. The molecular weight excluding hydrogens is 352 g/mol. The molecule has 21 heavy (non-hydrogen) atoms. The van der Waals surface area contributed by atoms with Crippen LogP contribution < -0.4 is 5.73 Å². The van der Waals surface area contributed by atoms with Gasteiger partial charge in [0.25, 0.3) is 0 Å². The molecular formula is C15H20BrClN4. The SMILES string of the molecule is Cc1cc(C(N)c2c(Cl)cnn2CCN(C)C)ccc1Br. The first-order valence-corrected chi connectivity index (χ1v) is 7.95. The van der Waals surface area contributed by atoms with E-state index in [1.54, 1.807) is 6.20 Å². The van der Waals surface area contributed by atoms with Gasteiger partial charge in [0.2, 0.25) is 0 Å². The lowest BCUT2D eigenvalue weighted by Crippen LogP contribution is -2.23. The Kier molecular flexibility index (Phi) is 5.43. The van der Waals surface area contributed by atoms with E-state index in [4.69, 9.17) is 17.3 Å². The molecule has 1 aromatic carbocycles. The molecule has 0 fully saturated rings. The maximum atomic E-state index is 6.41. The van der Waals surface area contributed by atoms with Gasteiger partial charge in [0.15, 0.2) is 0 Å². The summed E-state index contributed by atoms with van der Waals surface area (Å²) in [4.78, 5) is 2.11. The molecule has 0 aliphatic heterocycles. The monoisotopic (exact) mass is 370 g/mol. The van der Waals surface area contributed by atoms with E-state index in [1.807, 2.05) is 37.8 Å². The third-order valence-corrected chi connectivity index (χ3v) is 4.61. The molecule has 0 spiro atoms. The summed E-state index contributed by atoms with van der Waals surface area (Å²) in [6.45, 7) is 3.70. The second-order valence-electron chi connectivity index (χ2n) is 5.39. The standard InChI is InChI=1S/C15H20BrClN4/c1-10-8-11(4-5-12(10)16)14(18)15-13(17)9-19-21(15)7-6-20(2)3/h4-5,8-9,14H,6-7,18H2,1-3H3. The lowest BCUT2D eigenvalue weighted by molar-refractivity contribution is 0.368. The number of aryl methyl sites for hydroxylation is 1. The molecule has 0 aliphatic carbocycles. The van der Waals surface area contributed by atoms with E-state index in [0.29, 0.717) is 5.02 Å². The highest BCUT2D eigenvalue weighted by Gasteiger charge is 2.19. The summed E-state index contributed by atoms with van der Waals surface area (Å²) >= 11 is 9.80. The van der Waals surface area contributed by atoms with Crippen molar-refractivity contribution in [1.29, 1.82) is 0 Å². The minimum Gasteiger partial charge on any atom is -0.319 e. The average Bonchev–Trinajstić information content (AvgIpc) is 2.80. The number of hydrogen-bond acceptors (Lipinski definition) is 3. The molecule has 0 saturated heterocycles. The molecule has 2 N–H and O–H groups in total. The van der Waals surface area contributed by atoms with E-state index in [1.165, 1.54) is 0 Å². The molecule has 0 bridgehead atoms. The zero-order chi connectivity index (χ0) is 15.6. The Bertz CT molecular complexity index is 624. The molecule has 1 atom stereocenters. The van der Waals surface area contributed by atoms with Crippen molar-refractivity contribution in [2.45, 2.75) is 19.5 Å². The first-order chi connectivity index (χ1) is 9.90. The van der Waals surface area contributed by atoms with Gasteiger partial charge in [0, 0.05) is 11.0 Å². The lowest BCUT2D eigenvalue weighted by atomic mass is 10.0. The topological polar surface area (TPSA) is 47.1 Å².